The van der Waals surface area contributed by atoms with Crippen LogP contribution in [0.25, 0.3) is 11.1 Å². The van der Waals surface area contributed by atoms with Crippen molar-refractivity contribution < 1.29 is 4.79 Å². The maximum absolute atomic E-state index is 13.7. The summed E-state index contributed by atoms with van der Waals surface area (Å²) in [5.74, 6) is 0.213. The third kappa shape index (κ3) is 3.37. The van der Waals surface area contributed by atoms with E-state index < -0.39 is 0 Å². The van der Waals surface area contributed by atoms with E-state index in [1.165, 1.54) is 0 Å². The molecule has 0 bridgehead atoms. The summed E-state index contributed by atoms with van der Waals surface area (Å²) in [5, 5.41) is 0. The SMILES string of the molecule is CN1CCC(c2cc(-c3ccncc3)c(N3Cc4ccccc4C3=O)c(=O)n2C)CC1. The van der Waals surface area contributed by atoms with Crippen LogP contribution in [-0.2, 0) is 13.6 Å². The molecule has 1 amide bonds. The fourth-order valence-corrected chi connectivity index (χ4v) is 4.85. The van der Waals surface area contributed by atoms with Crippen molar-refractivity contribution in [2.24, 2.45) is 7.05 Å². The molecule has 0 spiro atoms. The van der Waals surface area contributed by atoms with Crippen molar-refractivity contribution in [2.75, 3.05) is 25.0 Å². The smallest absolute Gasteiger partial charge is 0.275 e. The van der Waals surface area contributed by atoms with Crippen LogP contribution in [0.15, 0.2) is 59.7 Å². The zero-order valence-electron chi connectivity index (χ0n) is 17.9. The first-order valence-corrected chi connectivity index (χ1v) is 10.8. The highest BCUT2D eigenvalue weighted by Crippen LogP contribution is 2.36. The first-order valence-electron chi connectivity index (χ1n) is 10.8. The van der Waals surface area contributed by atoms with Crippen molar-refractivity contribution in [3.05, 3.63) is 82.0 Å². The third-order valence-electron chi connectivity index (χ3n) is 6.66. The van der Waals surface area contributed by atoms with Crippen LogP contribution in [0.4, 0.5) is 5.69 Å². The number of anilines is 1. The maximum atomic E-state index is 13.7. The predicted molar refractivity (Wildman–Crippen MR) is 121 cm³/mol. The van der Waals surface area contributed by atoms with Crippen LogP contribution in [0.2, 0.25) is 0 Å². The summed E-state index contributed by atoms with van der Waals surface area (Å²) >= 11 is 0. The Morgan fingerprint density at radius 1 is 0.935 bits per heavy atom. The Labute approximate surface area is 181 Å². The molecule has 1 saturated heterocycles. The summed E-state index contributed by atoms with van der Waals surface area (Å²) in [5.41, 5.74) is 4.70. The zero-order valence-corrected chi connectivity index (χ0v) is 17.9. The van der Waals surface area contributed by atoms with E-state index in [4.69, 9.17) is 0 Å². The van der Waals surface area contributed by atoms with Crippen molar-refractivity contribution in [2.45, 2.75) is 25.3 Å². The lowest BCUT2D eigenvalue weighted by Crippen LogP contribution is -2.36. The van der Waals surface area contributed by atoms with Gasteiger partial charge in [-0.15, -0.1) is 0 Å². The normalized spacial score (nSPS) is 17.2. The predicted octanol–water partition coefficient (Wildman–Crippen LogP) is 3.42. The van der Waals surface area contributed by atoms with Gasteiger partial charge in [0.05, 0.1) is 6.54 Å². The minimum atomic E-state index is -0.121. The van der Waals surface area contributed by atoms with Crippen molar-refractivity contribution >= 4 is 11.6 Å². The number of aromatic nitrogens is 2. The fraction of sp³-hybridized carbons (Fsp3) is 0.320. The minimum Gasteiger partial charge on any atom is -0.314 e. The molecule has 158 valence electrons. The Bertz CT molecular complexity index is 1190. The number of rotatable bonds is 3. The Kier molecular flexibility index (Phi) is 4.94. The molecule has 2 aromatic heterocycles. The van der Waals surface area contributed by atoms with Gasteiger partial charge < -0.3 is 9.47 Å². The van der Waals surface area contributed by atoms with Gasteiger partial charge in [0.2, 0.25) is 0 Å². The van der Waals surface area contributed by atoms with Crippen LogP contribution in [0.3, 0.4) is 0 Å². The molecule has 1 fully saturated rings. The number of hydrogen-bond donors (Lipinski definition) is 0. The standard InChI is InChI=1S/C25H26N4O2/c1-27-13-9-18(10-14-27)22-15-21(17-7-11-26-12-8-17)23(25(31)28(22)2)29-16-19-5-3-4-6-20(19)24(29)30/h3-8,11-12,15,18H,9-10,13-14,16H2,1-2H3. The average molecular weight is 415 g/mol. The van der Waals surface area contributed by atoms with Gasteiger partial charge in [0.15, 0.2) is 0 Å². The number of pyridine rings is 2. The molecule has 0 aliphatic carbocycles. The molecule has 6 heteroatoms. The molecule has 2 aliphatic rings. The van der Waals surface area contributed by atoms with E-state index in [1.807, 2.05) is 43.4 Å². The van der Waals surface area contributed by atoms with Gasteiger partial charge in [0, 0.05) is 42.2 Å². The summed E-state index contributed by atoms with van der Waals surface area (Å²) in [4.78, 5) is 35.0. The molecule has 3 aromatic rings. The summed E-state index contributed by atoms with van der Waals surface area (Å²) < 4.78 is 1.76. The van der Waals surface area contributed by atoms with Crippen LogP contribution < -0.4 is 10.5 Å². The Balaban J connectivity index is 1.67. The molecule has 0 radical (unpaired) electrons. The number of carbonyl (C=O) groups excluding carboxylic acids is 1. The van der Waals surface area contributed by atoms with E-state index in [2.05, 4.69) is 23.0 Å². The maximum Gasteiger partial charge on any atom is 0.275 e. The van der Waals surface area contributed by atoms with Gasteiger partial charge in [-0.2, -0.15) is 0 Å². The number of benzene rings is 1. The van der Waals surface area contributed by atoms with Gasteiger partial charge in [0.1, 0.15) is 5.69 Å². The van der Waals surface area contributed by atoms with E-state index in [1.54, 1.807) is 21.9 Å². The molecule has 0 unspecified atom stereocenters. The van der Waals surface area contributed by atoms with Crippen LogP contribution in [0, 0.1) is 0 Å². The summed E-state index contributed by atoms with van der Waals surface area (Å²) in [6.45, 7) is 2.45. The Hall–Kier alpha value is -3.25. The second-order valence-electron chi connectivity index (χ2n) is 8.56. The molecule has 6 nitrogen and oxygen atoms in total. The van der Waals surface area contributed by atoms with Gasteiger partial charge in [-0.3, -0.25) is 19.5 Å². The lowest BCUT2D eigenvalue weighted by molar-refractivity contribution is 0.0996. The van der Waals surface area contributed by atoms with Crippen molar-refractivity contribution in [1.82, 2.24) is 14.5 Å². The topological polar surface area (TPSA) is 58.4 Å². The van der Waals surface area contributed by atoms with Crippen molar-refractivity contribution in [3.8, 4) is 11.1 Å². The Morgan fingerprint density at radius 3 is 2.35 bits per heavy atom. The zero-order chi connectivity index (χ0) is 21.5. The van der Waals surface area contributed by atoms with Crippen LogP contribution in [0.5, 0.6) is 0 Å². The van der Waals surface area contributed by atoms with Crippen LogP contribution >= 0.6 is 0 Å². The third-order valence-corrected chi connectivity index (χ3v) is 6.66. The van der Waals surface area contributed by atoms with Crippen LogP contribution in [0.1, 0.15) is 40.4 Å². The van der Waals surface area contributed by atoms with E-state index in [9.17, 15) is 9.59 Å². The largest absolute Gasteiger partial charge is 0.314 e. The molecule has 0 atom stereocenters. The van der Waals surface area contributed by atoms with E-state index in [0.29, 0.717) is 23.7 Å². The monoisotopic (exact) mass is 414 g/mol. The number of fused-ring (bicyclic) bond motifs is 1. The van der Waals surface area contributed by atoms with E-state index >= 15 is 0 Å². The summed E-state index contributed by atoms with van der Waals surface area (Å²) in [7, 11) is 3.97. The molecule has 31 heavy (non-hydrogen) atoms. The van der Waals surface area contributed by atoms with Gasteiger partial charge in [-0.05, 0) is 68.4 Å². The molecule has 2 aliphatic heterocycles. The highest BCUT2D eigenvalue weighted by molar-refractivity contribution is 6.11. The second kappa shape index (κ2) is 7.78. The quantitative estimate of drug-likeness (QED) is 0.659. The first-order chi connectivity index (χ1) is 15.0. The number of amides is 1. The minimum absolute atomic E-state index is 0.116. The van der Waals surface area contributed by atoms with Gasteiger partial charge >= 0.3 is 0 Å². The van der Waals surface area contributed by atoms with Crippen molar-refractivity contribution in [1.29, 1.82) is 0 Å². The molecule has 0 N–H and O–H groups in total. The van der Waals surface area contributed by atoms with E-state index in [0.717, 1.165) is 48.3 Å². The number of likely N-dealkylation sites (tertiary alicyclic amines) is 1. The van der Waals surface area contributed by atoms with Crippen molar-refractivity contribution in [3.63, 3.8) is 0 Å². The number of hydrogen-bond acceptors (Lipinski definition) is 4. The van der Waals surface area contributed by atoms with E-state index in [-0.39, 0.29) is 11.5 Å². The molecule has 5 rings (SSSR count). The van der Waals surface area contributed by atoms with Gasteiger partial charge in [-0.1, -0.05) is 18.2 Å². The lowest BCUT2D eigenvalue weighted by Gasteiger charge is -2.31. The van der Waals surface area contributed by atoms with Gasteiger partial charge in [-0.25, -0.2) is 0 Å². The molecule has 1 aromatic carbocycles. The highest BCUT2D eigenvalue weighted by atomic mass is 16.2. The Morgan fingerprint density at radius 2 is 1.65 bits per heavy atom. The molecule has 4 heterocycles. The summed E-state index contributed by atoms with van der Waals surface area (Å²) in [6.07, 6.45) is 5.50. The second-order valence-corrected chi connectivity index (χ2v) is 8.56. The van der Waals surface area contributed by atoms with Gasteiger partial charge in [0.25, 0.3) is 11.5 Å². The molecular formula is C25H26N4O2. The number of carbonyl (C=O) groups is 1. The number of piperidine rings is 1. The summed E-state index contributed by atoms with van der Waals surface area (Å²) in [6, 6.07) is 13.5. The fourth-order valence-electron chi connectivity index (χ4n) is 4.85. The molecular weight excluding hydrogens is 388 g/mol. The highest BCUT2D eigenvalue weighted by Gasteiger charge is 2.33. The first kappa shape index (κ1) is 19.7. The lowest BCUT2D eigenvalue weighted by atomic mass is 9.91. The average Bonchev–Trinajstić information content (AvgIpc) is 3.13. The van der Waals surface area contributed by atoms with Crippen LogP contribution in [-0.4, -0.2) is 40.5 Å². The molecule has 0 saturated carbocycles. The number of nitrogens with zero attached hydrogens (tertiary/aromatic N) is 4.